The predicted octanol–water partition coefficient (Wildman–Crippen LogP) is 4.19. The summed E-state index contributed by atoms with van der Waals surface area (Å²) in [5, 5.41) is 11.5. The lowest BCUT2D eigenvalue weighted by Crippen LogP contribution is -2.27. The molecule has 0 unspecified atom stereocenters. The Kier molecular flexibility index (Phi) is 6.15. The van der Waals surface area contributed by atoms with Crippen molar-refractivity contribution < 1.29 is 0 Å². The number of imidazole rings is 1. The zero-order chi connectivity index (χ0) is 22.6. The van der Waals surface area contributed by atoms with Gasteiger partial charge in [0.1, 0.15) is 6.33 Å². The van der Waals surface area contributed by atoms with Crippen LogP contribution in [0.25, 0.3) is 16.9 Å². The van der Waals surface area contributed by atoms with Crippen LogP contribution in [0.2, 0.25) is 0 Å². The monoisotopic (exact) mass is 443 g/mol. The van der Waals surface area contributed by atoms with Gasteiger partial charge < -0.3 is 0 Å². The number of nitrogens with zero attached hydrogens (tertiary/aromatic N) is 7. The van der Waals surface area contributed by atoms with Gasteiger partial charge in [-0.3, -0.25) is 14.1 Å². The molecule has 1 fully saturated rings. The molecular weight excluding hydrogens is 414 g/mol. The fourth-order valence-electron chi connectivity index (χ4n) is 4.74. The van der Waals surface area contributed by atoms with Gasteiger partial charge in [0.05, 0.1) is 17.9 Å². The van der Waals surface area contributed by atoms with E-state index in [9.17, 15) is 4.79 Å². The zero-order valence-corrected chi connectivity index (χ0v) is 19.0. The number of unbranched alkanes of at least 4 members (excludes halogenated alkanes) is 1. The Hall–Kier alpha value is -3.55. The minimum Gasteiger partial charge on any atom is -0.296 e. The molecule has 0 N–H and O–H groups in total. The van der Waals surface area contributed by atoms with Crippen molar-refractivity contribution in [1.29, 1.82) is 0 Å². The van der Waals surface area contributed by atoms with Gasteiger partial charge >= 0.3 is 5.69 Å². The molecule has 170 valence electrons. The average Bonchev–Trinajstić information content (AvgIpc) is 3.62. The molecule has 0 spiro atoms. The SMILES string of the molecule is CCCCc1cn(C2CCCC2)c(=O)n1Cc1ccc(-c2ccccc2-n2cnnn2)nc1. The summed E-state index contributed by atoms with van der Waals surface area (Å²) < 4.78 is 5.57. The highest BCUT2D eigenvalue weighted by Crippen LogP contribution is 2.29. The molecule has 1 saturated carbocycles. The Balaban J connectivity index is 1.43. The first kappa shape index (κ1) is 21.3. The Labute approximate surface area is 192 Å². The molecular formula is C25H29N7O. The highest BCUT2D eigenvalue weighted by molar-refractivity contribution is 5.69. The van der Waals surface area contributed by atoms with E-state index in [-0.39, 0.29) is 5.69 Å². The van der Waals surface area contributed by atoms with Crippen LogP contribution in [0.5, 0.6) is 0 Å². The van der Waals surface area contributed by atoms with Crippen molar-refractivity contribution in [2.75, 3.05) is 0 Å². The number of tetrazole rings is 1. The molecule has 0 aliphatic heterocycles. The number of hydrogen-bond donors (Lipinski definition) is 0. The summed E-state index contributed by atoms with van der Waals surface area (Å²) in [6.07, 6.45) is 13.3. The number of pyridine rings is 1. The quantitative estimate of drug-likeness (QED) is 0.408. The molecule has 1 aliphatic carbocycles. The molecule has 33 heavy (non-hydrogen) atoms. The third-order valence-electron chi connectivity index (χ3n) is 6.53. The van der Waals surface area contributed by atoms with Crippen molar-refractivity contribution in [3.05, 3.63) is 76.9 Å². The summed E-state index contributed by atoms with van der Waals surface area (Å²) >= 11 is 0. The van der Waals surface area contributed by atoms with E-state index in [4.69, 9.17) is 4.98 Å². The van der Waals surface area contributed by atoms with Gasteiger partial charge in [0.15, 0.2) is 0 Å². The summed E-state index contributed by atoms with van der Waals surface area (Å²) in [5.74, 6) is 0. The second kappa shape index (κ2) is 9.52. The van der Waals surface area contributed by atoms with Crippen molar-refractivity contribution in [3.8, 4) is 16.9 Å². The van der Waals surface area contributed by atoms with Gasteiger partial charge in [-0.1, -0.05) is 50.5 Å². The van der Waals surface area contributed by atoms with Crippen molar-refractivity contribution in [2.24, 2.45) is 0 Å². The molecule has 1 aliphatic rings. The van der Waals surface area contributed by atoms with Crippen molar-refractivity contribution in [1.82, 2.24) is 34.3 Å². The lowest BCUT2D eigenvalue weighted by molar-refractivity contribution is 0.493. The van der Waals surface area contributed by atoms with Crippen LogP contribution in [-0.4, -0.2) is 34.3 Å². The number of hydrogen-bond acceptors (Lipinski definition) is 5. The standard InChI is InChI=1S/C25H29N7O/c1-2-3-8-21-17-31(20-9-4-5-10-20)25(33)30(21)16-19-13-14-23(26-15-19)22-11-6-7-12-24(22)32-18-27-28-29-32/h6-7,11-15,17-18,20H,2-5,8-10,16H2,1H3. The molecule has 3 aromatic heterocycles. The minimum atomic E-state index is 0.112. The van der Waals surface area contributed by atoms with Crippen LogP contribution in [0.3, 0.4) is 0 Å². The molecule has 8 heteroatoms. The third kappa shape index (κ3) is 4.37. The summed E-state index contributed by atoms with van der Waals surface area (Å²) in [6.45, 7) is 2.73. The minimum absolute atomic E-state index is 0.112. The van der Waals surface area contributed by atoms with E-state index in [1.165, 1.54) is 12.8 Å². The van der Waals surface area contributed by atoms with Gasteiger partial charge in [0.2, 0.25) is 0 Å². The molecule has 4 aromatic rings. The molecule has 5 rings (SSSR count). The summed E-state index contributed by atoms with van der Waals surface area (Å²) in [5.41, 5.74) is 4.91. The highest BCUT2D eigenvalue weighted by atomic mass is 16.1. The molecule has 1 aromatic carbocycles. The van der Waals surface area contributed by atoms with Gasteiger partial charge in [-0.15, -0.1) is 5.10 Å². The van der Waals surface area contributed by atoms with E-state index in [1.54, 1.807) is 11.0 Å². The van der Waals surface area contributed by atoms with Crippen molar-refractivity contribution in [2.45, 2.75) is 64.5 Å². The number of aromatic nitrogens is 7. The van der Waals surface area contributed by atoms with Crippen molar-refractivity contribution >= 4 is 0 Å². The van der Waals surface area contributed by atoms with Crippen LogP contribution in [0.15, 0.2) is 59.9 Å². The van der Waals surface area contributed by atoms with Crippen LogP contribution < -0.4 is 5.69 Å². The van der Waals surface area contributed by atoms with E-state index in [1.807, 2.05) is 45.7 Å². The molecule has 0 amide bonds. The predicted molar refractivity (Wildman–Crippen MR) is 126 cm³/mol. The smallest absolute Gasteiger partial charge is 0.296 e. The number of benzene rings is 1. The second-order valence-electron chi connectivity index (χ2n) is 8.76. The first-order valence-electron chi connectivity index (χ1n) is 11.8. The molecule has 0 atom stereocenters. The summed E-state index contributed by atoms with van der Waals surface area (Å²) in [6, 6.07) is 12.3. The molecule has 0 bridgehead atoms. The van der Waals surface area contributed by atoms with Gasteiger partial charge in [-0.05, 0) is 53.8 Å². The van der Waals surface area contributed by atoms with E-state index >= 15 is 0 Å². The normalized spacial score (nSPS) is 14.2. The van der Waals surface area contributed by atoms with Gasteiger partial charge in [0, 0.05) is 29.7 Å². The number of rotatable bonds is 8. The maximum absolute atomic E-state index is 13.3. The van der Waals surface area contributed by atoms with Crippen LogP contribution in [0.4, 0.5) is 0 Å². The Morgan fingerprint density at radius 1 is 1.09 bits per heavy atom. The van der Waals surface area contributed by atoms with Gasteiger partial charge in [-0.2, -0.15) is 4.68 Å². The summed E-state index contributed by atoms with van der Waals surface area (Å²) in [4.78, 5) is 18.0. The number of para-hydroxylation sites is 1. The van der Waals surface area contributed by atoms with Crippen LogP contribution in [0, 0.1) is 0 Å². The molecule has 0 saturated heterocycles. The largest absolute Gasteiger partial charge is 0.328 e. The van der Waals surface area contributed by atoms with E-state index < -0.39 is 0 Å². The van der Waals surface area contributed by atoms with E-state index in [2.05, 4.69) is 34.7 Å². The van der Waals surface area contributed by atoms with Crippen LogP contribution in [0.1, 0.15) is 62.7 Å². The fraction of sp³-hybridized carbons (Fsp3) is 0.400. The summed E-state index contributed by atoms with van der Waals surface area (Å²) in [7, 11) is 0. The first-order valence-corrected chi connectivity index (χ1v) is 11.8. The maximum atomic E-state index is 13.3. The lowest BCUT2D eigenvalue weighted by Gasteiger charge is -2.10. The highest BCUT2D eigenvalue weighted by Gasteiger charge is 2.22. The average molecular weight is 444 g/mol. The van der Waals surface area contributed by atoms with Crippen molar-refractivity contribution in [3.63, 3.8) is 0 Å². The molecule has 8 nitrogen and oxygen atoms in total. The number of aryl methyl sites for hydroxylation is 1. The molecule has 3 heterocycles. The van der Waals surface area contributed by atoms with E-state index in [0.29, 0.717) is 12.6 Å². The second-order valence-corrected chi connectivity index (χ2v) is 8.76. The van der Waals surface area contributed by atoms with Crippen LogP contribution >= 0.6 is 0 Å². The maximum Gasteiger partial charge on any atom is 0.328 e. The lowest BCUT2D eigenvalue weighted by atomic mass is 10.1. The Bertz CT molecular complexity index is 1250. The zero-order valence-electron chi connectivity index (χ0n) is 19.0. The van der Waals surface area contributed by atoms with Gasteiger partial charge in [-0.25, -0.2) is 4.79 Å². The molecule has 0 radical (unpaired) electrons. The Morgan fingerprint density at radius 3 is 2.67 bits per heavy atom. The van der Waals surface area contributed by atoms with Gasteiger partial charge in [0.25, 0.3) is 0 Å². The topological polar surface area (TPSA) is 83.4 Å². The van der Waals surface area contributed by atoms with E-state index in [0.717, 1.165) is 60.3 Å². The fourth-order valence-corrected chi connectivity index (χ4v) is 4.74. The van der Waals surface area contributed by atoms with Crippen LogP contribution in [-0.2, 0) is 13.0 Å². The Morgan fingerprint density at radius 2 is 1.94 bits per heavy atom. The first-order chi connectivity index (χ1) is 16.2. The third-order valence-corrected chi connectivity index (χ3v) is 6.53.